The van der Waals surface area contributed by atoms with E-state index in [4.69, 9.17) is 15.3 Å². The van der Waals surface area contributed by atoms with E-state index >= 15 is 0 Å². The molecule has 5 N–H and O–H groups in total. The van der Waals surface area contributed by atoms with Gasteiger partial charge in [-0.2, -0.15) is 0 Å². The molecule has 80 valence electrons. The van der Waals surface area contributed by atoms with Crippen LogP contribution in [0.3, 0.4) is 0 Å². The highest BCUT2D eigenvalue weighted by Gasteiger charge is 2.05. The molecule has 0 bridgehead atoms. The number of hydrogen-bond donors (Lipinski definition) is 5. The Labute approximate surface area is 78.8 Å². The first-order valence-electron chi connectivity index (χ1n) is 4.61. The van der Waals surface area contributed by atoms with Crippen LogP contribution in [0.25, 0.3) is 0 Å². The summed E-state index contributed by atoms with van der Waals surface area (Å²) in [6.07, 6.45) is 0.651. The summed E-state index contributed by atoms with van der Waals surface area (Å²) < 4.78 is 0. The van der Waals surface area contributed by atoms with Crippen molar-refractivity contribution in [1.29, 1.82) is 0 Å². The van der Waals surface area contributed by atoms with Crippen molar-refractivity contribution in [1.82, 2.24) is 10.6 Å². The Morgan fingerprint density at radius 3 is 2.15 bits per heavy atom. The summed E-state index contributed by atoms with van der Waals surface area (Å²) in [6.45, 7) is 2.13. The Morgan fingerprint density at radius 2 is 1.62 bits per heavy atom. The van der Waals surface area contributed by atoms with Crippen molar-refractivity contribution in [2.75, 3.05) is 39.5 Å². The number of aliphatic hydroxyl groups is 3. The molecule has 0 rings (SSSR count). The van der Waals surface area contributed by atoms with Gasteiger partial charge in [0.1, 0.15) is 0 Å². The fourth-order valence-electron chi connectivity index (χ4n) is 1.06. The van der Waals surface area contributed by atoms with Crippen LogP contribution >= 0.6 is 0 Å². The molecule has 1 atom stereocenters. The Bertz CT molecular complexity index is 103. The van der Waals surface area contributed by atoms with Gasteiger partial charge in [0, 0.05) is 32.3 Å². The van der Waals surface area contributed by atoms with Crippen molar-refractivity contribution in [2.45, 2.75) is 12.5 Å². The molecule has 0 amide bonds. The van der Waals surface area contributed by atoms with Crippen molar-refractivity contribution in [3.05, 3.63) is 0 Å². The topological polar surface area (TPSA) is 84.8 Å². The lowest BCUT2D eigenvalue weighted by atomic mass is 10.2. The Hall–Kier alpha value is -0.200. The Morgan fingerprint density at radius 1 is 0.923 bits per heavy atom. The fraction of sp³-hybridized carbons (Fsp3) is 1.00. The van der Waals surface area contributed by atoms with Crippen molar-refractivity contribution >= 4 is 0 Å². The van der Waals surface area contributed by atoms with E-state index in [1.165, 1.54) is 0 Å². The number of rotatable bonds is 9. The molecule has 0 saturated carbocycles. The monoisotopic (exact) mass is 192 g/mol. The van der Waals surface area contributed by atoms with Crippen LogP contribution in [0.2, 0.25) is 0 Å². The second-order valence-electron chi connectivity index (χ2n) is 2.81. The molecule has 0 aromatic heterocycles. The molecule has 0 aromatic rings. The summed E-state index contributed by atoms with van der Waals surface area (Å²) in [5.41, 5.74) is 0. The zero-order valence-electron chi connectivity index (χ0n) is 7.87. The second kappa shape index (κ2) is 9.88. The molecule has 0 spiro atoms. The molecule has 1 unspecified atom stereocenters. The molecule has 0 fully saturated rings. The number of aliphatic hydroxyl groups excluding tert-OH is 3. The molecule has 0 saturated heterocycles. The second-order valence-corrected chi connectivity index (χ2v) is 2.81. The van der Waals surface area contributed by atoms with E-state index in [1.807, 2.05) is 0 Å². The minimum absolute atomic E-state index is 0.0991. The lowest BCUT2D eigenvalue weighted by Gasteiger charge is -2.17. The first kappa shape index (κ1) is 12.8. The molecule has 13 heavy (non-hydrogen) atoms. The lowest BCUT2D eigenvalue weighted by molar-refractivity contribution is 0.242. The summed E-state index contributed by atoms with van der Waals surface area (Å²) >= 11 is 0. The van der Waals surface area contributed by atoms with Crippen LogP contribution in [-0.4, -0.2) is 60.8 Å². The summed E-state index contributed by atoms with van der Waals surface area (Å²) in [5, 5.41) is 31.9. The van der Waals surface area contributed by atoms with Gasteiger partial charge in [-0.25, -0.2) is 0 Å². The van der Waals surface area contributed by atoms with Crippen LogP contribution in [-0.2, 0) is 0 Å². The molecule has 0 aliphatic carbocycles. The number of nitrogens with one attached hydrogen (secondary N) is 2. The van der Waals surface area contributed by atoms with Crippen LogP contribution in [0.1, 0.15) is 6.42 Å². The van der Waals surface area contributed by atoms with Crippen LogP contribution in [0.5, 0.6) is 0 Å². The molecular formula is C8H20N2O3. The minimum atomic E-state index is 0.0991. The van der Waals surface area contributed by atoms with E-state index < -0.39 is 0 Å². The molecule has 0 aromatic carbocycles. The standard InChI is InChI=1S/C8H20N2O3/c11-4-1-8(10-3-6-13)7-9-2-5-12/h8-13H,1-7H2. The van der Waals surface area contributed by atoms with Crippen molar-refractivity contribution < 1.29 is 15.3 Å². The highest BCUT2D eigenvalue weighted by molar-refractivity contribution is 4.68. The average Bonchev–Trinajstić information content (AvgIpc) is 2.14. The molecular weight excluding hydrogens is 172 g/mol. The third-order valence-electron chi connectivity index (χ3n) is 1.70. The molecule has 0 aliphatic heterocycles. The normalized spacial score (nSPS) is 13.2. The summed E-state index contributed by atoms with van der Waals surface area (Å²) in [5.74, 6) is 0. The predicted molar refractivity (Wildman–Crippen MR) is 50.5 cm³/mol. The zero-order valence-corrected chi connectivity index (χ0v) is 7.87. The fourth-order valence-corrected chi connectivity index (χ4v) is 1.06. The summed E-state index contributed by atoms with van der Waals surface area (Å²) in [4.78, 5) is 0. The third kappa shape index (κ3) is 8.14. The third-order valence-corrected chi connectivity index (χ3v) is 1.70. The quantitative estimate of drug-likeness (QED) is 0.270. The minimum Gasteiger partial charge on any atom is -0.396 e. The van der Waals surface area contributed by atoms with Gasteiger partial charge in [0.25, 0.3) is 0 Å². The Balaban J connectivity index is 3.41. The molecule has 5 nitrogen and oxygen atoms in total. The van der Waals surface area contributed by atoms with E-state index in [2.05, 4.69) is 10.6 Å². The molecule has 5 heteroatoms. The summed E-state index contributed by atoms with van der Waals surface area (Å²) in [7, 11) is 0. The molecule has 0 radical (unpaired) electrons. The van der Waals surface area contributed by atoms with Gasteiger partial charge in [0.2, 0.25) is 0 Å². The van der Waals surface area contributed by atoms with Crippen LogP contribution in [0.4, 0.5) is 0 Å². The highest BCUT2D eigenvalue weighted by Crippen LogP contribution is 1.88. The SMILES string of the molecule is OCCNCC(CCO)NCCO. The average molecular weight is 192 g/mol. The van der Waals surface area contributed by atoms with Gasteiger partial charge in [0.05, 0.1) is 13.2 Å². The number of hydrogen-bond acceptors (Lipinski definition) is 5. The van der Waals surface area contributed by atoms with E-state index in [-0.39, 0.29) is 25.9 Å². The largest absolute Gasteiger partial charge is 0.396 e. The Kier molecular flexibility index (Phi) is 9.73. The highest BCUT2D eigenvalue weighted by atomic mass is 16.3. The van der Waals surface area contributed by atoms with E-state index in [9.17, 15) is 0 Å². The van der Waals surface area contributed by atoms with Crippen molar-refractivity contribution in [3.63, 3.8) is 0 Å². The van der Waals surface area contributed by atoms with Crippen LogP contribution < -0.4 is 10.6 Å². The molecule has 0 aliphatic rings. The van der Waals surface area contributed by atoms with Gasteiger partial charge < -0.3 is 26.0 Å². The predicted octanol–water partition coefficient (Wildman–Crippen LogP) is -2.10. The zero-order chi connectivity index (χ0) is 9.94. The van der Waals surface area contributed by atoms with E-state index in [0.717, 1.165) is 0 Å². The maximum atomic E-state index is 8.71. The summed E-state index contributed by atoms with van der Waals surface area (Å²) in [6, 6.07) is 0.156. The van der Waals surface area contributed by atoms with Gasteiger partial charge in [-0.3, -0.25) is 0 Å². The van der Waals surface area contributed by atoms with Gasteiger partial charge in [-0.05, 0) is 6.42 Å². The van der Waals surface area contributed by atoms with Crippen molar-refractivity contribution in [2.24, 2.45) is 0 Å². The first-order valence-corrected chi connectivity index (χ1v) is 4.61. The van der Waals surface area contributed by atoms with Crippen LogP contribution in [0.15, 0.2) is 0 Å². The van der Waals surface area contributed by atoms with Gasteiger partial charge >= 0.3 is 0 Å². The van der Waals surface area contributed by atoms with Gasteiger partial charge in [-0.1, -0.05) is 0 Å². The van der Waals surface area contributed by atoms with Crippen LogP contribution in [0, 0.1) is 0 Å². The van der Waals surface area contributed by atoms with Crippen molar-refractivity contribution in [3.8, 4) is 0 Å². The maximum absolute atomic E-state index is 8.71. The van der Waals surface area contributed by atoms with Gasteiger partial charge in [-0.15, -0.1) is 0 Å². The molecule has 0 heterocycles. The maximum Gasteiger partial charge on any atom is 0.0556 e. The first-order chi connectivity index (χ1) is 6.35. The smallest absolute Gasteiger partial charge is 0.0556 e. The lowest BCUT2D eigenvalue weighted by Crippen LogP contribution is -2.41. The van der Waals surface area contributed by atoms with E-state index in [1.54, 1.807) is 0 Å². The van der Waals surface area contributed by atoms with E-state index in [0.29, 0.717) is 26.1 Å². The van der Waals surface area contributed by atoms with Gasteiger partial charge in [0.15, 0.2) is 0 Å².